The van der Waals surface area contributed by atoms with Gasteiger partial charge in [-0.1, -0.05) is 20.8 Å². The molecule has 0 aliphatic carbocycles. The predicted octanol–water partition coefficient (Wildman–Crippen LogP) is 2.84. The second-order valence-corrected chi connectivity index (χ2v) is 4.86. The first-order valence-corrected chi connectivity index (χ1v) is 5.36. The Morgan fingerprint density at radius 3 is 1.58 bits per heavy atom. The van der Waals surface area contributed by atoms with Crippen LogP contribution in [-0.2, 0) is 34.5 Å². The first-order valence-electron chi connectivity index (χ1n) is 5.36. The number of aromatic nitrogens is 2. The molecule has 1 aromatic heterocycles. The van der Waals surface area contributed by atoms with E-state index < -0.39 is 0 Å². The van der Waals surface area contributed by atoms with Gasteiger partial charge in [0.05, 0.1) is 5.69 Å². The van der Waals surface area contributed by atoms with E-state index in [1.54, 1.807) is 6.20 Å². The number of rotatable bonds is 0. The molecule has 0 amide bonds. The molecule has 1 heterocycles. The van der Waals surface area contributed by atoms with E-state index >= 15 is 0 Å². The molecule has 0 fully saturated rings. The van der Waals surface area contributed by atoms with Gasteiger partial charge < -0.3 is 15.5 Å². The van der Waals surface area contributed by atoms with Gasteiger partial charge in [0.1, 0.15) is 0 Å². The molecule has 0 N–H and O–H groups in total. The fourth-order valence-electron chi connectivity index (χ4n) is 0.702. The molecule has 0 saturated carbocycles. The molecule has 0 aliphatic heterocycles. The molecule has 1 rings (SSSR count). The molecule has 19 heavy (non-hydrogen) atoms. The minimum atomic E-state index is 0. The summed E-state index contributed by atoms with van der Waals surface area (Å²) < 4.78 is 0. The van der Waals surface area contributed by atoms with E-state index in [1.165, 1.54) is 5.92 Å². The second kappa shape index (κ2) is 17.0. The SMILES string of the molecule is CC(C)(C)c1cccnn1.C[C-](C)C.[CH-]=O.[CH-]=O.[Ru+3]. The van der Waals surface area contributed by atoms with Gasteiger partial charge in [0.25, 0.3) is 0 Å². The van der Waals surface area contributed by atoms with E-state index in [4.69, 9.17) is 9.59 Å². The minimum absolute atomic E-state index is 0. The maximum atomic E-state index is 7.75. The first-order chi connectivity index (χ1) is 8.34. The van der Waals surface area contributed by atoms with E-state index in [0.29, 0.717) is 0 Å². The maximum Gasteiger partial charge on any atom is 3.00 e. The number of hydrogen-bond donors (Lipinski definition) is 0. The molecule has 0 saturated heterocycles. The molecule has 0 aromatic carbocycles. The second-order valence-electron chi connectivity index (χ2n) is 4.86. The van der Waals surface area contributed by atoms with Gasteiger partial charge in [-0.05, 0) is 12.1 Å². The van der Waals surface area contributed by atoms with Crippen molar-refractivity contribution >= 4 is 13.6 Å². The zero-order valence-corrected chi connectivity index (χ0v) is 14.2. The van der Waals surface area contributed by atoms with Gasteiger partial charge in [0.15, 0.2) is 0 Å². The molecule has 0 spiro atoms. The third kappa shape index (κ3) is 22.7. The molecule has 1 aromatic rings. The van der Waals surface area contributed by atoms with Crippen molar-refractivity contribution in [1.29, 1.82) is 0 Å². The Kier molecular flexibility index (Phi) is 23.8. The average Bonchev–Trinajstić information content (AvgIpc) is 2.34. The van der Waals surface area contributed by atoms with Gasteiger partial charge >= 0.3 is 19.5 Å². The van der Waals surface area contributed by atoms with E-state index in [0.717, 1.165) is 5.69 Å². The monoisotopic (exact) mass is 353 g/mol. The molecule has 5 heteroatoms. The van der Waals surface area contributed by atoms with Crippen molar-refractivity contribution in [3.8, 4) is 0 Å². The van der Waals surface area contributed by atoms with Crippen LogP contribution in [0.1, 0.15) is 47.2 Å². The van der Waals surface area contributed by atoms with Crippen molar-refractivity contribution in [3.05, 3.63) is 29.9 Å². The van der Waals surface area contributed by atoms with Crippen LogP contribution in [0.15, 0.2) is 18.3 Å². The van der Waals surface area contributed by atoms with Gasteiger partial charge in [-0.25, -0.2) is 0 Å². The first kappa shape index (κ1) is 26.6. The van der Waals surface area contributed by atoms with Crippen LogP contribution in [-0.4, -0.2) is 23.8 Å². The number of nitrogens with zero attached hydrogens (tertiary/aromatic N) is 2. The van der Waals surface area contributed by atoms with E-state index in [2.05, 4.69) is 65.3 Å². The van der Waals surface area contributed by atoms with E-state index in [9.17, 15) is 0 Å². The van der Waals surface area contributed by atoms with Gasteiger partial charge in [0.2, 0.25) is 0 Å². The summed E-state index contributed by atoms with van der Waals surface area (Å²) in [5, 5.41) is 7.80. The quantitative estimate of drug-likeness (QED) is 0.409. The van der Waals surface area contributed by atoms with Gasteiger partial charge in [-0.2, -0.15) is 31.0 Å². The van der Waals surface area contributed by atoms with Crippen LogP contribution >= 0.6 is 0 Å². The van der Waals surface area contributed by atoms with Crippen molar-refractivity contribution in [2.75, 3.05) is 0 Å². The van der Waals surface area contributed by atoms with Crippen LogP contribution in [0, 0.1) is 5.92 Å². The molecule has 0 aliphatic rings. The Labute approximate surface area is 130 Å². The predicted molar refractivity (Wildman–Crippen MR) is 74.5 cm³/mol. The van der Waals surface area contributed by atoms with Crippen LogP contribution < -0.4 is 0 Å². The van der Waals surface area contributed by atoms with Crippen molar-refractivity contribution in [2.24, 2.45) is 0 Å². The van der Waals surface area contributed by atoms with Gasteiger partial charge in [0, 0.05) is 11.6 Å². The standard InChI is InChI=1S/C8H12N2.C4H9.2CHO.Ru/c1-8(2,3)7-5-4-6-9-10-7;1-4(2)3;2*1-2;/h4-6H,1-3H3;1-3H3;2*1H;/q;3*-1;+3. The van der Waals surface area contributed by atoms with Crippen molar-refractivity contribution in [2.45, 2.75) is 47.0 Å². The van der Waals surface area contributed by atoms with Crippen LogP contribution in [0.4, 0.5) is 0 Å². The molecular weight excluding hydrogens is 329 g/mol. The van der Waals surface area contributed by atoms with Gasteiger partial charge in [-0.15, -0.1) is 0 Å². The van der Waals surface area contributed by atoms with E-state index in [-0.39, 0.29) is 24.9 Å². The van der Waals surface area contributed by atoms with Crippen molar-refractivity contribution in [1.82, 2.24) is 10.2 Å². The molecule has 0 bridgehead atoms. The van der Waals surface area contributed by atoms with Gasteiger partial charge in [-0.3, -0.25) is 13.6 Å². The summed E-state index contributed by atoms with van der Waals surface area (Å²) in [5.74, 6) is 1.42. The molecule has 0 unspecified atom stereocenters. The molecule has 109 valence electrons. The molecule has 1 radical (unpaired) electrons. The Hall–Kier alpha value is -0.957. The van der Waals surface area contributed by atoms with Crippen LogP contribution in [0.2, 0.25) is 0 Å². The largest absolute Gasteiger partial charge is 3.00 e. The topological polar surface area (TPSA) is 59.9 Å². The summed E-state index contributed by atoms with van der Waals surface area (Å²) in [5.41, 5.74) is 1.16. The molecule has 4 nitrogen and oxygen atoms in total. The van der Waals surface area contributed by atoms with Crippen molar-refractivity contribution < 1.29 is 29.1 Å². The molecule has 0 atom stereocenters. The average molecular weight is 352 g/mol. The van der Waals surface area contributed by atoms with Crippen LogP contribution in [0.25, 0.3) is 0 Å². The number of carbonyl (C=O) groups excluding carboxylic acids is 2. The summed E-state index contributed by atoms with van der Waals surface area (Å²) in [7, 11) is 0. The normalized spacial score (nSPS) is 8.37. The third-order valence-electron chi connectivity index (χ3n) is 1.34. The maximum absolute atomic E-state index is 7.75. The summed E-state index contributed by atoms with van der Waals surface area (Å²) in [4.78, 5) is 15.5. The Morgan fingerprint density at radius 2 is 1.42 bits per heavy atom. The Bertz CT molecular complexity index is 270. The fourth-order valence-corrected chi connectivity index (χ4v) is 0.702. The van der Waals surface area contributed by atoms with Crippen LogP contribution in [0.3, 0.4) is 0 Å². The zero-order chi connectivity index (χ0) is 15.2. The Balaban J connectivity index is -0.000000107. The summed E-state index contributed by atoms with van der Waals surface area (Å²) in [6.07, 6.45) is 1.69. The van der Waals surface area contributed by atoms with Crippen LogP contribution in [0.5, 0.6) is 0 Å². The summed E-state index contributed by atoms with van der Waals surface area (Å²) in [6.45, 7) is 19.1. The zero-order valence-electron chi connectivity index (χ0n) is 12.5. The smallest absolute Gasteiger partial charge is 0.545 e. The minimum Gasteiger partial charge on any atom is -0.545 e. The van der Waals surface area contributed by atoms with E-state index in [1.807, 2.05) is 12.1 Å². The summed E-state index contributed by atoms with van der Waals surface area (Å²) in [6, 6.07) is 3.90. The fraction of sp³-hybridized carbons (Fsp3) is 0.500. The third-order valence-corrected chi connectivity index (χ3v) is 1.34. The molecular formula is C14H23N2O2Ru. The number of hydrogen-bond acceptors (Lipinski definition) is 4. The van der Waals surface area contributed by atoms with Crippen molar-refractivity contribution in [3.63, 3.8) is 0 Å². The summed E-state index contributed by atoms with van der Waals surface area (Å²) >= 11 is 0. The Morgan fingerprint density at radius 1 is 1.05 bits per heavy atom.